The van der Waals surface area contributed by atoms with Crippen LogP contribution in [0.3, 0.4) is 0 Å². The largest absolute Gasteiger partial charge is 0.497 e. The van der Waals surface area contributed by atoms with Gasteiger partial charge in [-0.2, -0.15) is 4.98 Å². The van der Waals surface area contributed by atoms with Gasteiger partial charge in [-0.3, -0.25) is 10.0 Å². The average Bonchev–Trinajstić information content (AvgIpc) is 2.95. The average molecular weight is 299 g/mol. The number of fused-ring (bicyclic) bond motifs is 1. The lowest BCUT2D eigenvalue weighted by molar-refractivity contribution is 0.0706. The Labute approximate surface area is 125 Å². The summed E-state index contributed by atoms with van der Waals surface area (Å²) in [5.41, 5.74) is 3.66. The lowest BCUT2D eigenvalue weighted by Gasteiger charge is -2.03. The number of ether oxygens (including phenoxy) is 1. The number of amides is 1. The molecule has 3 N–H and O–H groups in total. The number of carbonyl (C=O) groups is 1. The number of nitrogens with one attached hydrogen (secondary N) is 2. The van der Waals surface area contributed by atoms with E-state index < -0.39 is 5.91 Å². The molecule has 22 heavy (non-hydrogen) atoms. The quantitative estimate of drug-likeness (QED) is 0.506. The number of hydroxylamine groups is 1. The molecule has 7 heteroatoms. The summed E-state index contributed by atoms with van der Waals surface area (Å²) in [6, 6.07) is 12.3. The molecule has 0 aliphatic rings. The zero-order chi connectivity index (χ0) is 15.5. The fourth-order valence-electron chi connectivity index (χ4n) is 2.01. The third-order valence-electron chi connectivity index (χ3n) is 3.07. The van der Waals surface area contributed by atoms with E-state index in [1.54, 1.807) is 24.7 Å². The molecule has 0 saturated heterocycles. The summed E-state index contributed by atoms with van der Waals surface area (Å²) in [4.78, 5) is 15.6. The number of nitrogens with zero attached hydrogens (tertiary/aromatic N) is 1. The van der Waals surface area contributed by atoms with E-state index in [-0.39, 0.29) is 5.56 Å². The van der Waals surface area contributed by atoms with Gasteiger partial charge in [-0.15, -0.1) is 0 Å². The Kier molecular flexibility index (Phi) is 3.63. The van der Waals surface area contributed by atoms with Crippen LogP contribution in [0, 0.1) is 0 Å². The summed E-state index contributed by atoms with van der Waals surface area (Å²) < 4.78 is 10.7. The minimum Gasteiger partial charge on any atom is -0.497 e. The van der Waals surface area contributed by atoms with Gasteiger partial charge in [0.25, 0.3) is 11.9 Å². The number of rotatable bonds is 4. The highest BCUT2D eigenvalue weighted by Crippen LogP contribution is 2.24. The van der Waals surface area contributed by atoms with Gasteiger partial charge < -0.3 is 14.5 Å². The number of methoxy groups -OCH3 is 1. The van der Waals surface area contributed by atoms with Crippen LogP contribution >= 0.6 is 0 Å². The molecule has 3 rings (SSSR count). The van der Waals surface area contributed by atoms with Crippen LogP contribution in [0.4, 0.5) is 11.7 Å². The first-order chi connectivity index (χ1) is 10.7. The number of hydrogen-bond acceptors (Lipinski definition) is 6. The molecule has 1 amide bonds. The van der Waals surface area contributed by atoms with E-state index in [9.17, 15) is 4.79 Å². The Balaban J connectivity index is 1.89. The molecular formula is C15H13N3O4. The monoisotopic (exact) mass is 299 g/mol. The van der Waals surface area contributed by atoms with Crippen molar-refractivity contribution < 1.29 is 19.2 Å². The van der Waals surface area contributed by atoms with Crippen molar-refractivity contribution in [3.8, 4) is 5.75 Å². The number of benzene rings is 2. The predicted molar refractivity (Wildman–Crippen MR) is 79.5 cm³/mol. The van der Waals surface area contributed by atoms with Gasteiger partial charge in [-0.1, -0.05) is 6.07 Å². The first kappa shape index (κ1) is 13.9. The fourth-order valence-corrected chi connectivity index (χ4v) is 2.01. The number of anilines is 2. The lowest BCUT2D eigenvalue weighted by atomic mass is 10.2. The minimum absolute atomic E-state index is 0.288. The van der Waals surface area contributed by atoms with E-state index >= 15 is 0 Å². The number of aromatic nitrogens is 1. The highest BCUT2D eigenvalue weighted by molar-refractivity contribution is 5.96. The summed E-state index contributed by atoms with van der Waals surface area (Å²) in [6.07, 6.45) is 0. The minimum atomic E-state index is -0.604. The molecule has 1 heterocycles. The van der Waals surface area contributed by atoms with Crippen LogP contribution in [0.25, 0.3) is 11.1 Å². The van der Waals surface area contributed by atoms with Crippen LogP contribution in [-0.4, -0.2) is 23.2 Å². The van der Waals surface area contributed by atoms with E-state index in [2.05, 4.69) is 10.3 Å². The van der Waals surface area contributed by atoms with Crippen molar-refractivity contribution in [2.45, 2.75) is 0 Å². The summed E-state index contributed by atoms with van der Waals surface area (Å²) in [7, 11) is 1.59. The maximum atomic E-state index is 11.4. The molecule has 0 aliphatic heterocycles. The van der Waals surface area contributed by atoms with E-state index in [1.807, 2.05) is 18.2 Å². The normalized spacial score (nSPS) is 10.5. The third-order valence-corrected chi connectivity index (χ3v) is 3.07. The zero-order valence-corrected chi connectivity index (χ0v) is 11.7. The highest BCUT2D eigenvalue weighted by Gasteiger charge is 2.10. The summed E-state index contributed by atoms with van der Waals surface area (Å²) >= 11 is 0. The summed E-state index contributed by atoms with van der Waals surface area (Å²) in [5.74, 6) is 0.107. The van der Waals surface area contributed by atoms with Crippen molar-refractivity contribution >= 4 is 28.7 Å². The molecule has 1 aromatic heterocycles. The molecule has 2 aromatic carbocycles. The second-order valence-corrected chi connectivity index (χ2v) is 4.50. The second kappa shape index (κ2) is 5.74. The molecule has 0 spiro atoms. The number of carbonyl (C=O) groups excluding carboxylic acids is 1. The van der Waals surface area contributed by atoms with Crippen molar-refractivity contribution in [3.63, 3.8) is 0 Å². The summed E-state index contributed by atoms with van der Waals surface area (Å²) in [6.45, 7) is 0. The van der Waals surface area contributed by atoms with Gasteiger partial charge in [0.05, 0.1) is 7.11 Å². The molecule has 0 bridgehead atoms. The van der Waals surface area contributed by atoms with Crippen molar-refractivity contribution in [1.82, 2.24) is 10.5 Å². The van der Waals surface area contributed by atoms with Gasteiger partial charge in [0.2, 0.25) is 0 Å². The Morgan fingerprint density at radius 2 is 2.14 bits per heavy atom. The van der Waals surface area contributed by atoms with Crippen molar-refractivity contribution in [3.05, 3.63) is 48.0 Å². The summed E-state index contributed by atoms with van der Waals surface area (Å²) in [5, 5.41) is 11.7. The second-order valence-electron chi connectivity index (χ2n) is 4.50. The van der Waals surface area contributed by atoms with Crippen molar-refractivity contribution in [1.29, 1.82) is 0 Å². The molecule has 112 valence electrons. The first-order valence-electron chi connectivity index (χ1n) is 6.45. The van der Waals surface area contributed by atoms with Gasteiger partial charge in [-0.05, 0) is 30.3 Å². The van der Waals surface area contributed by atoms with Gasteiger partial charge in [0, 0.05) is 17.3 Å². The van der Waals surface area contributed by atoms with E-state index in [0.717, 1.165) is 5.69 Å². The Morgan fingerprint density at radius 1 is 1.27 bits per heavy atom. The van der Waals surface area contributed by atoms with Crippen molar-refractivity contribution in [2.75, 3.05) is 12.4 Å². The highest BCUT2D eigenvalue weighted by atomic mass is 16.5. The maximum absolute atomic E-state index is 11.4. The molecule has 7 nitrogen and oxygen atoms in total. The lowest BCUT2D eigenvalue weighted by Crippen LogP contribution is -2.18. The first-order valence-corrected chi connectivity index (χ1v) is 6.45. The molecule has 3 aromatic rings. The molecular weight excluding hydrogens is 286 g/mol. The predicted octanol–water partition coefficient (Wildman–Crippen LogP) is 2.70. The fraction of sp³-hybridized carbons (Fsp3) is 0.0667. The van der Waals surface area contributed by atoms with Crippen LogP contribution < -0.4 is 15.5 Å². The SMILES string of the molecule is COc1cccc(Nc2nc3cc(C(=O)NO)ccc3o2)c1. The topological polar surface area (TPSA) is 96.6 Å². The Hall–Kier alpha value is -3.06. The number of oxazole rings is 1. The van der Waals surface area contributed by atoms with E-state index in [4.69, 9.17) is 14.4 Å². The van der Waals surface area contributed by atoms with Crippen LogP contribution in [0.1, 0.15) is 10.4 Å². The molecule has 0 radical (unpaired) electrons. The Morgan fingerprint density at radius 3 is 2.91 bits per heavy atom. The van der Waals surface area contributed by atoms with Crippen molar-refractivity contribution in [2.24, 2.45) is 0 Å². The van der Waals surface area contributed by atoms with Crippen LogP contribution in [-0.2, 0) is 0 Å². The van der Waals surface area contributed by atoms with Gasteiger partial charge in [0.1, 0.15) is 11.3 Å². The zero-order valence-electron chi connectivity index (χ0n) is 11.7. The number of hydrogen-bond donors (Lipinski definition) is 3. The molecule has 0 aliphatic carbocycles. The third kappa shape index (κ3) is 2.70. The molecule has 0 unspecified atom stereocenters. The molecule has 0 saturated carbocycles. The molecule has 0 fully saturated rings. The van der Waals surface area contributed by atoms with E-state index in [0.29, 0.717) is 22.9 Å². The smallest absolute Gasteiger partial charge is 0.300 e. The Bertz CT molecular complexity index is 829. The van der Waals surface area contributed by atoms with Gasteiger partial charge in [-0.25, -0.2) is 5.48 Å². The van der Waals surface area contributed by atoms with Crippen LogP contribution in [0.5, 0.6) is 5.75 Å². The standard InChI is InChI=1S/C15H13N3O4/c1-21-11-4-2-3-10(8-11)16-15-17-12-7-9(14(19)18-20)5-6-13(12)22-15/h2-8,20H,1H3,(H,16,17)(H,18,19). The van der Waals surface area contributed by atoms with Gasteiger partial charge >= 0.3 is 0 Å². The van der Waals surface area contributed by atoms with Crippen LogP contribution in [0.15, 0.2) is 46.9 Å². The van der Waals surface area contributed by atoms with E-state index in [1.165, 1.54) is 12.1 Å². The molecule has 0 atom stereocenters. The maximum Gasteiger partial charge on any atom is 0.300 e. The van der Waals surface area contributed by atoms with Crippen LogP contribution in [0.2, 0.25) is 0 Å². The van der Waals surface area contributed by atoms with Gasteiger partial charge in [0.15, 0.2) is 5.58 Å².